The summed E-state index contributed by atoms with van der Waals surface area (Å²) in [6.45, 7) is 0. The Morgan fingerprint density at radius 1 is 0.900 bits per heavy atom. The molecule has 0 aliphatic rings. The predicted molar refractivity (Wildman–Crippen MR) is 70.4 cm³/mol. The van der Waals surface area contributed by atoms with Gasteiger partial charge >= 0.3 is 0 Å². The number of nitrogens with two attached hydrogens (primary N) is 1. The van der Waals surface area contributed by atoms with Crippen LogP contribution in [0, 0.1) is 23.3 Å². The highest BCUT2D eigenvalue weighted by molar-refractivity contribution is 7.99. The lowest BCUT2D eigenvalue weighted by Crippen LogP contribution is -2.16. The van der Waals surface area contributed by atoms with Crippen molar-refractivity contribution in [2.75, 3.05) is 5.75 Å². The van der Waals surface area contributed by atoms with E-state index < -0.39 is 29.3 Å². The number of hydrogen-bond acceptors (Lipinski definition) is 2. The summed E-state index contributed by atoms with van der Waals surface area (Å²) in [4.78, 5) is 0.367. The van der Waals surface area contributed by atoms with Crippen molar-refractivity contribution in [2.45, 2.75) is 10.9 Å². The molecule has 20 heavy (non-hydrogen) atoms. The molecule has 2 rings (SSSR count). The summed E-state index contributed by atoms with van der Waals surface area (Å²) in [5.41, 5.74) is 5.61. The Labute approximate surface area is 117 Å². The first-order chi connectivity index (χ1) is 9.50. The smallest absolute Gasteiger partial charge is 0.194 e. The van der Waals surface area contributed by atoms with Crippen LogP contribution in [0.3, 0.4) is 0 Å². The lowest BCUT2D eigenvalue weighted by atomic mass is 10.1. The number of halogens is 4. The zero-order chi connectivity index (χ0) is 14.7. The van der Waals surface area contributed by atoms with Crippen LogP contribution < -0.4 is 5.73 Å². The Morgan fingerprint density at radius 3 is 2.30 bits per heavy atom. The van der Waals surface area contributed by atoms with Crippen LogP contribution in [0.2, 0.25) is 0 Å². The van der Waals surface area contributed by atoms with Crippen LogP contribution in [0.4, 0.5) is 17.6 Å². The van der Waals surface area contributed by atoms with Gasteiger partial charge in [-0.3, -0.25) is 0 Å². The Balaban J connectivity index is 2.11. The molecule has 0 radical (unpaired) electrons. The molecule has 0 spiro atoms. The van der Waals surface area contributed by atoms with Gasteiger partial charge in [-0.2, -0.15) is 0 Å². The van der Waals surface area contributed by atoms with Crippen molar-refractivity contribution >= 4 is 11.8 Å². The van der Waals surface area contributed by atoms with Crippen molar-refractivity contribution in [1.82, 2.24) is 0 Å². The van der Waals surface area contributed by atoms with Gasteiger partial charge in [0, 0.05) is 22.3 Å². The molecule has 0 aliphatic carbocycles. The number of benzene rings is 2. The number of hydrogen-bond donors (Lipinski definition) is 1. The topological polar surface area (TPSA) is 26.0 Å². The third-order valence-corrected chi connectivity index (χ3v) is 3.89. The van der Waals surface area contributed by atoms with Gasteiger partial charge in [0.1, 0.15) is 5.82 Å². The van der Waals surface area contributed by atoms with E-state index in [2.05, 4.69) is 0 Å². The molecule has 0 aromatic heterocycles. The van der Waals surface area contributed by atoms with Crippen molar-refractivity contribution in [1.29, 1.82) is 0 Å². The molecule has 2 N–H and O–H groups in total. The molecule has 0 heterocycles. The van der Waals surface area contributed by atoms with Gasteiger partial charge in [0.2, 0.25) is 0 Å². The molecule has 1 atom stereocenters. The zero-order valence-electron chi connectivity index (χ0n) is 10.2. The zero-order valence-corrected chi connectivity index (χ0v) is 11.1. The minimum Gasteiger partial charge on any atom is -0.323 e. The molecule has 2 aromatic carbocycles. The monoisotopic (exact) mass is 301 g/mol. The van der Waals surface area contributed by atoms with Gasteiger partial charge in [-0.05, 0) is 18.2 Å². The van der Waals surface area contributed by atoms with E-state index in [1.807, 2.05) is 0 Å². The van der Waals surface area contributed by atoms with Crippen LogP contribution in [0.15, 0.2) is 41.3 Å². The summed E-state index contributed by atoms with van der Waals surface area (Å²) in [6.07, 6.45) is 0. The Kier molecular flexibility index (Phi) is 4.67. The van der Waals surface area contributed by atoms with E-state index >= 15 is 0 Å². The molecular formula is C14H11F4NS. The van der Waals surface area contributed by atoms with E-state index in [0.29, 0.717) is 4.90 Å². The van der Waals surface area contributed by atoms with Gasteiger partial charge in [0.05, 0.1) is 0 Å². The maximum atomic E-state index is 13.5. The summed E-state index contributed by atoms with van der Waals surface area (Å²) < 4.78 is 52.9. The first-order valence-corrected chi connectivity index (χ1v) is 6.75. The van der Waals surface area contributed by atoms with Gasteiger partial charge in [0.25, 0.3) is 0 Å². The molecule has 0 bridgehead atoms. The fourth-order valence-corrected chi connectivity index (χ4v) is 2.58. The lowest BCUT2D eigenvalue weighted by Gasteiger charge is -2.13. The summed E-state index contributed by atoms with van der Waals surface area (Å²) >= 11 is 1.09. The summed E-state index contributed by atoms with van der Waals surface area (Å²) in [7, 11) is 0. The van der Waals surface area contributed by atoms with Gasteiger partial charge in [-0.15, -0.1) is 11.8 Å². The average molecular weight is 301 g/mol. The molecule has 0 fully saturated rings. The Morgan fingerprint density at radius 2 is 1.60 bits per heavy atom. The minimum absolute atomic E-state index is 0.132. The van der Waals surface area contributed by atoms with E-state index in [4.69, 9.17) is 5.73 Å². The summed E-state index contributed by atoms with van der Waals surface area (Å²) in [6, 6.07) is 7.13. The SMILES string of the molecule is NC(CSc1ccccc1F)c1ccc(F)c(F)c1F. The molecule has 6 heteroatoms. The largest absolute Gasteiger partial charge is 0.323 e. The maximum absolute atomic E-state index is 13.5. The molecule has 106 valence electrons. The van der Waals surface area contributed by atoms with Gasteiger partial charge < -0.3 is 5.73 Å². The van der Waals surface area contributed by atoms with Crippen molar-refractivity contribution in [3.05, 3.63) is 65.2 Å². The third-order valence-electron chi connectivity index (χ3n) is 2.72. The van der Waals surface area contributed by atoms with E-state index in [9.17, 15) is 17.6 Å². The van der Waals surface area contributed by atoms with Crippen LogP contribution in [0.5, 0.6) is 0 Å². The molecule has 0 amide bonds. The molecule has 0 aliphatic heterocycles. The second kappa shape index (κ2) is 6.28. The average Bonchev–Trinajstić information content (AvgIpc) is 2.44. The fraction of sp³-hybridized carbons (Fsp3) is 0.143. The van der Waals surface area contributed by atoms with Crippen LogP contribution in [-0.4, -0.2) is 5.75 Å². The standard InChI is InChI=1S/C14H11F4NS/c15-9-3-1-2-4-12(9)20-7-11(19)8-5-6-10(16)14(18)13(8)17/h1-6,11H,7,19H2. The van der Waals surface area contributed by atoms with Crippen LogP contribution in [0.1, 0.15) is 11.6 Å². The van der Waals surface area contributed by atoms with Crippen molar-refractivity contribution in [2.24, 2.45) is 5.73 Å². The minimum atomic E-state index is -1.55. The number of thioether (sulfide) groups is 1. The van der Waals surface area contributed by atoms with Crippen LogP contribution in [-0.2, 0) is 0 Å². The fourth-order valence-electron chi connectivity index (χ4n) is 1.66. The van der Waals surface area contributed by atoms with Gasteiger partial charge in [-0.1, -0.05) is 18.2 Å². The highest BCUT2D eigenvalue weighted by Gasteiger charge is 2.18. The van der Waals surface area contributed by atoms with E-state index in [1.54, 1.807) is 18.2 Å². The molecule has 1 unspecified atom stereocenters. The Bertz CT molecular complexity index is 618. The highest BCUT2D eigenvalue weighted by atomic mass is 32.2. The first kappa shape index (κ1) is 14.9. The molecule has 1 nitrogen and oxygen atoms in total. The summed E-state index contributed by atoms with van der Waals surface area (Å²) in [5, 5.41) is 0. The molecule has 2 aromatic rings. The van der Waals surface area contributed by atoms with E-state index in [-0.39, 0.29) is 11.3 Å². The van der Waals surface area contributed by atoms with Gasteiger partial charge in [0.15, 0.2) is 17.5 Å². The second-order valence-corrected chi connectivity index (χ2v) is 5.17. The first-order valence-electron chi connectivity index (χ1n) is 5.77. The Hall–Kier alpha value is -1.53. The second-order valence-electron chi connectivity index (χ2n) is 4.11. The predicted octanol–water partition coefficient (Wildman–Crippen LogP) is 4.04. The van der Waals surface area contributed by atoms with Crippen LogP contribution in [0.25, 0.3) is 0 Å². The molecule has 0 saturated heterocycles. The normalized spacial score (nSPS) is 12.4. The lowest BCUT2D eigenvalue weighted by molar-refractivity contribution is 0.437. The molecule has 0 saturated carbocycles. The van der Waals surface area contributed by atoms with Gasteiger partial charge in [-0.25, -0.2) is 17.6 Å². The third kappa shape index (κ3) is 3.13. The van der Waals surface area contributed by atoms with Crippen molar-refractivity contribution in [3.63, 3.8) is 0 Å². The number of rotatable bonds is 4. The maximum Gasteiger partial charge on any atom is 0.194 e. The van der Waals surface area contributed by atoms with Crippen LogP contribution >= 0.6 is 11.8 Å². The van der Waals surface area contributed by atoms with Crippen molar-refractivity contribution in [3.8, 4) is 0 Å². The quantitative estimate of drug-likeness (QED) is 0.524. The van der Waals surface area contributed by atoms with E-state index in [0.717, 1.165) is 23.9 Å². The highest BCUT2D eigenvalue weighted by Crippen LogP contribution is 2.27. The van der Waals surface area contributed by atoms with Crippen molar-refractivity contribution < 1.29 is 17.6 Å². The van der Waals surface area contributed by atoms with E-state index in [1.165, 1.54) is 6.07 Å². The molecular weight excluding hydrogens is 290 g/mol. The summed E-state index contributed by atoms with van der Waals surface area (Å²) in [5.74, 6) is -4.38.